The highest BCUT2D eigenvalue weighted by atomic mass is 35.5. The number of benzene rings is 3. The van der Waals surface area contributed by atoms with Gasteiger partial charge in [-0.2, -0.15) is 0 Å². The van der Waals surface area contributed by atoms with Gasteiger partial charge in [-0.1, -0.05) is 41.4 Å². The van der Waals surface area contributed by atoms with Crippen LogP contribution in [0.4, 0.5) is 5.69 Å². The minimum atomic E-state index is -4.17. The van der Waals surface area contributed by atoms with Crippen molar-refractivity contribution in [2.45, 2.75) is 64.6 Å². The monoisotopic (exact) mass is 599 g/mol. The van der Waals surface area contributed by atoms with Crippen LogP contribution in [0.5, 0.6) is 5.75 Å². The summed E-state index contributed by atoms with van der Waals surface area (Å²) in [5.41, 5.74) is 1.49. The van der Waals surface area contributed by atoms with Gasteiger partial charge < -0.3 is 15.0 Å². The van der Waals surface area contributed by atoms with E-state index in [1.807, 2.05) is 34.6 Å². The van der Waals surface area contributed by atoms with Crippen molar-refractivity contribution >= 4 is 39.1 Å². The van der Waals surface area contributed by atoms with E-state index in [0.29, 0.717) is 23.1 Å². The molecule has 0 aromatic heterocycles. The lowest BCUT2D eigenvalue weighted by molar-refractivity contribution is -0.140. The minimum absolute atomic E-state index is 0.0112. The molecule has 220 valence electrons. The summed E-state index contributed by atoms with van der Waals surface area (Å²) in [7, 11) is -4.17. The van der Waals surface area contributed by atoms with Gasteiger partial charge in [-0.25, -0.2) is 8.42 Å². The summed E-state index contributed by atoms with van der Waals surface area (Å²) in [5, 5.41) is 3.45. The fourth-order valence-electron chi connectivity index (χ4n) is 4.08. The predicted molar refractivity (Wildman–Crippen MR) is 163 cm³/mol. The number of nitrogens with zero attached hydrogens (tertiary/aromatic N) is 2. The molecular weight excluding hydrogens is 562 g/mol. The third-order valence-electron chi connectivity index (χ3n) is 6.26. The summed E-state index contributed by atoms with van der Waals surface area (Å²) in [6, 6.07) is 19.0. The molecule has 0 spiro atoms. The molecule has 10 heteroatoms. The minimum Gasteiger partial charge on any atom is -0.494 e. The molecule has 2 amide bonds. The van der Waals surface area contributed by atoms with Crippen molar-refractivity contribution < 1.29 is 22.7 Å². The smallest absolute Gasteiger partial charge is 0.264 e. The molecule has 0 unspecified atom stereocenters. The highest BCUT2D eigenvalue weighted by Gasteiger charge is 2.33. The van der Waals surface area contributed by atoms with Gasteiger partial charge in [-0.15, -0.1) is 0 Å². The van der Waals surface area contributed by atoms with Crippen LogP contribution in [-0.4, -0.2) is 49.9 Å². The molecule has 3 rings (SSSR count). The fourth-order valence-corrected chi connectivity index (χ4v) is 5.62. The molecule has 3 aromatic rings. The van der Waals surface area contributed by atoms with Gasteiger partial charge in [0.15, 0.2) is 0 Å². The zero-order valence-corrected chi connectivity index (χ0v) is 25.9. The molecule has 0 radical (unpaired) electrons. The lowest BCUT2D eigenvalue weighted by Gasteiger charge is -2.33. The first-order valence-electron chi connectivity index (χ1n) is 13.4. The molecule has 1 N–H and O–H groups in total. The van der Waals surface area contributed by atoms with Crippen molar-refractivity contribution in [3.05, 3.63) is 88.9 Å². The van der Waals surface area contributed by atoms with E-state index in [2.05, 4.69) is 5.32 Å². The number of ether oxygens (including phenoxy) is 1. The Labute approximate surface area is 248 Å². The highest BCUT2D eigenvalue weighted by molar-refractivity contribution is 7.92. The molecule has 0 aliphatic rings. The van der Waals surface area contributed by atoms with Crippen molar-refractivity contribution in [3.8, 4) is 5.75 Å². The van der Waals surface area contributed by atoms with Crippen LogP contribution in [0.15, 0.2) is 77.7 Å². The third-order valence-corrected chi connectivity index (χ3v) is 8.30. The van der Waals surface area contributed by atoms with Gasteiger partial charge in [0, 0.05) is 17.1 Å². The molecular formula is C31H38ClN3O5S. The first-order valence-corrected chi connectivity index (χ1v) is 15.2. The van der Waals surface area contributed by atoms with Gasteiger partial charge >= 0.3 is 0 Å². The summed E-state index contributed by atoms with van der Waals surface area (Å²) < 4.78 is 34.4. The SMILES string of the molecule is CCOc1ccc(S(=O)(=O)N(CC(=O)N(Cc2ccc(Cl)cc2)[C@@H](C)C(=O)NC(C)(C)C)c2ccc(C)cc2)cc1. The molecule has 0 aliphatic carbocycles. The topological polar surface area (TPSA) is 96.0 Å². The Morgan fingerprint density at radius 2 is 1.54 bits per heavy atom. The second-order valence-electron chi connectivity index (χ2n) is 10.8. The number of aryl methyl sites for hydroxylation is 1. The molecule has 3 aromatic carbocycles. The quantitative estimate of drug-likeness (QED) is 0.311. The summed E-state index contributed by atoms with van der Waals surface area (Å²) in [5.74, 6) is -0.347. The molecule has 41 heavy (non-hydrogen) atoms. The molecule has 0 fully saturated rings. The summed E-state index contributed by atoms with van der Waals surface area (Å²) in [6.07, 6.45) is 0. The van der Waals surface area contributed by atoms with E-state index in [4.69, 9.17) is 16.3 Å². The third kappa shape index (κ3) is 8.71. The molecule has 0 aliphatic heterocycles. The molecule has 8 nitrogen and oxygen atoms in total. The van der Waals surface area contributed by atoms with Gasteiger partial charge in [0.2, 0.25) is 11.8 Å². The largest absolute Gasteiger partial charge is 0.494 e. The van der Waals surface area contributed by atoms with E-state index in [-0.39, 0.29) is 17.3 Å². The molecule has 1 atom stereocenters. The first kappa shape index (κ1) is 32.0. The summed E-state index contributed by atoms with van der Waals surface area (Å²) in [4.78, 5) is 28.6. The van der Waals surface area contributed by atoms with Crippen molar-refractivity contribution in [1.29, 1.82) is 0 Å². The van der Waals surface area contributed by atoms with E-state index in [1.54, 1.807) is 67.6 Å². The van der Waals surface area contributed by atoms with Crippen LogP contribution in [0, 0.1) is 6.92 Å². The Hall–Kier alpha value is -3.56. The predicted octanol–water partition coefficient (Wildman–Crippen LogP) is 5.57. The molecule has 0 saturated carbocycles. The van der Waals surface area contributed by atoms with Crippen LogP contribution in [0.1, 0.15) is 45.7 Å². The average molecular weight is 600 g/mol. The molecule has 0 saturated heterocycles. The van der Waals surface area contributed by atoms with Crippen molar-refractivity contribution in [1.82, 2.24) is 10.2 Å². The van der Waals surface area contributed by atoms with Crippen LogP contribution in [-0.2, 0) is 26.2 Å². The molecule has 0 heterocycles. The Bertz CT molecular complexity index is 1440. The number of carbonyl (C=O) groups is 2. The molecule has 0 bridgehead atoms. The number of carbonyl (C=O) groups excluding carboxylic acids is 2. The summed E-state index contributed by atoms with van der Waals surface area (Å²) >= 11 is 6.05. The van der Waals surface area contributed by atoms with E-state index in [1.165, 1.54) is 17.0 Å². The zero-order chi connectivity index (χ0) is 30.4. The lowest BCUT2D eigenvalue weighted by atomic mass is 10.1. The number of anilines is 1. The van der Waals surface area contributed by atoms with Crippen molar-refractivity contribution in [3.63, 3.8) is 0 Å². The van der Waals surface area contributed by atoms with Crippen LogP contribution in [0.2, 0.25) is 5.02 Å². The van der Waals surface area contributed by atoms with Crippen LogP contribution in [0.3, 0.4) is 0 Å². The van der Waals surface area contributed by atoms with E-state index in [0.717, 1.165) is 15.4 Å². The Kier molecular flexibility index (Phi) is 10.4. The van der Waals surface area contributed by atoms with Gasteiger partial charge in [0.05, 0.1) is 17.2 Å². The van der Waals surface area contributed by atoms with Gasteiger partial charge in [-0.3, -0.25) is 13.9 Å². The number of nitrogens with one attached hydrogen (secondary N) is 1. The van der Waals surface area contributed by atoms with Crippen molar-refractivity contribution in [2.24, 2.45) is 0 Å². The van der Waals surface area contributed by atoms with Gasteiger partial charge in [0.25, 0.3) is 10.0 Å². The standard InChI is InChI=1S/C31H38ClN3O5S/c1-7-40-27-16-18-28(19-17-27)41(38,39)35(26-14-8-22(2)9-15-26)21-29(36)34(20-24-10-12-25(32)13-11-24)23(3)30(37)33-31(4,5)6/h8-19,23H,7,20-21H2,1-6H3,(H,33,37)/t23-/m0/s1. The maximum Gasteiger partial charge on any atom is 0.264 e. The highest BCUT2D eigenvalue weighted by Crippen LogP contribution is 2.26. The first-order chi connectivity index (χ1) is 19.2. The van der Waals surface area contributed by atoms with Crippen LogP contribution in [0.25, 0.3) is 0 Å². The van der Waals surface area contributed by atoms with Crippen LogP contribution < -0.4 is 14.4 Å². The van der Waals surface area contributed by atoms with E-state index in [9.17, 15) is 18.0 Å². The Balaban J connectivity index is 2.02. The van der Waals surface area contributed by atoms with E-state index < -0.39 is 34.1 Å². The Morgan fingerprint density at radius 3 is 2.07 bits per heavy atom. The normalized spacial score (nSPS) is 12.4. The zero-order valence-electron chi connectivity index (χ0n) is 24.3. The number of amides is 2. The van der Waals surface area contributed by atoms with Crippen molar-refractivity contribution in [2.75, 3.05) is 17.5 Å². The van der Waals surface area contributed by atoms with Gasteiger partial charge in [-0.05, 0) is 95.6 Å². The average Bonchev–Trinajstić information content (AvgIpc) is 2.91. The van der Waals surface area contributed by atoms with E-state index >= 15 is 0 Å². The maximum absolute atomic E-state index is 14.0. The number of sulfonamides is 1. The second kappa shape index (κ2) is 13.4. The fraction of sp³-hybridized carbons (Fsp3) is 0.355. The maximum atomic E-state index is 14.0. The number of hydrogen-bond donors (Lipinski definition) is 1. The number of hydrogen-bond acceptors (Lipinski definition) is 5. The Morgan fingerprint density at radius 1 is 0.951 bits per heavy atom. The summed E-state index contributed by atoms with van der Waals surface area (Å²) in [6.45, 7) is 10.9. The lowest BCUT2D eigenvalue weighted by Crippen LogP contribution is -2.54. The number of rotatable bonds is 11. The second-order valence-corrected chi connectivity index (χ2v) is 13.1. The van der Waals surface area contributed by atoms with Crippen LogP contribution >= 0.6 is 11.6 Å². The van der Waals surface area contributed by atoms with Gasteiger partial charge in [0.1, 0.15) is 18.3 Å². The number of halogens is 1.